The quantitative estimate of drug-likeness (QED) is 0.695. The molecule has 6 nitrogen and oxygen atoms in total. The van der Waals surface area contributed by atoms with Crippen LogP contribution >= 0.6 is 11.6 Å². The second kappa shape index (κ2) is 8.17. The van der Waals surface area contributed by atoms with E-state index in [1.54, 1.807) is 19.1 Å². The van der Waals surface area contributed by atoms with Crippen molar-refractivity contribution in [2.75, 3.05) is 0 Å². The summed E-state index contributed by atoms with van der Waals surface area (Å²) in [5.74, 6) is -0.434. The van der Waals surface area contributed by atoms with Gasteiger partial charge in [0.2, 0.25) is 0 Å². The van der Waals surface area contributed by atoms with E-state index >= 15 is 0 Å². The number of rotatable bonds is 5. The number of benzene rings is 1. The molecule has 0 bridgehead atoms. The van der Waals surface area contributed by atoms with Crippen LogP contribution in [0.1, 0.15) is 38.2 Å². The zero-order valence-corrected chi connectivity index (χ0v) is 15.0. The number of esters is 1. The molecule has 0 radical (unpaired) electrons. The lowest BCUT2D eigenvalue weighted by molar-refractivity contribution is -0.157. The minimum Gasteiger partial charge on any atom is -0.451 e. The summed E-state index contributed by atoms with van der Waals surface area (Å²) in [7, 11) is 0. The fourth-order valence-electron chi connectivity index (χ4n) is 3.51. The number of hydrogen-bond acceptors (Lipinski definition) is 5. The number of fused-ring (bicyclic) bond motifs is 1. The molecule has 3 N–H and O–H groups in total. The molecule has 7 heteroatoms. The highest BCUT2D eigenvalue weighted by Gasteiger charge is 2.42. The van der Waals surface area contributed by atoms with Crippen LogP contribution in [0.2, 0.25) is 5.02 Å². The van der Waals surface area contributed by atoms with Gasteiger partial charge in [0.25, 0.3) is 5.91 Å². The topological polar surface area (TPSA) is 79.5 Å². The van der Waals surface area contributed by atoms with E-state index in [0.29, 0.717) is 17.6 Å². The fraction of sp³-hybridized carbons (Fsp3) is 0.556. The van der Waals surface area contributed by atoms with Crippen LogP contribution in [0.5, 0.6) is 0 Å². The van der Waals surface area contributed by atoms with Gasteiger partial charge in [0, 0.05) is 23.5 Å². The van der Waals surface area contributed by atoms with Crippen LogP contribution in [0.4, 0.5) is 0 Å². The number of hydrazine groups is 1. The molecule has 1 saturated heterocycles. The van der Waals surface area contributed by atoms with Crippen molar-refractivity contribution in [3.05, 3.63) is 34.9 Å². The first-order valence-electron chi connectivity index (χ1n) is 8.78. The summed E-state index contributed by atoms with van der Waals surface area (Å²) in [6.45, 7) is 1.96. The molecule has 1 heterocycles. The molecule has 4 unspecified atom stereocenters. The molecular formula is C18H24ClN3O3. The van der Waals surface area contributed by atoms with Crippen molar-refractivity contribution in [2.24, 2.45) is 5.92 Å². The summed E-state index contributed by atoms with van der Waals surface area (Å²) in [6.07, 6.45) is 3.55. The minimum absolute atomic E-state index is 0.241. The smallest absolute Gasteiger partial charge is 0.325 e. The summed E-state index contributed by atoms with van der Waals surface area (Å²) in [5.41, 5.74) is 7.15. The van der Waals surface area contributed by atoms with Crippen molar-refractivity contribution in [3.63, 3.8) is 0 Å². The average molecular weight is 366 g/mol. The van der Waals surface area contributed by atoms with Gasteiger partial charge in [-0.15, -0.1) is 0 Å². The van der Waals surface area contributed by atoms with Gasteiger partial charge in [0.1, 0.15) is 6.04 Å². The Kier molecular flexibility index (Phi) is 5.93. The van der Waals surface area contributed by atoms with Gasteiger partial charge in [-0.2, -0.15) is 0 Å². The number of carbonyl (C=O) groups is 2. The highest BCUT2D eigenvalue weighted by Crippen LogP contribution is 2.30. The SMILES string of the molecule is CC(OC(=O)C1NNC2CCCCC21)C(=O)NCc1ccc(Cl)cc1. The normalized spacial score (nSPS) is 26.6. The van der Waals surface area contributed by atoms with Crippen molar-refractivity contribution < 1.29 is 14.3 Å². The maximum Gasteiger partial charge on any atom is 0.325 e. The number of nitrogens with one attached hydrogen (secondary N) is 3. The second-order valence-corrected chi connectivity index (χ2v) is 7.18. The molecule has 136 valence electrons. The monoisotopic (exact) mass is 365 g/mol. The lowest BCUT2D eigenvalue weighted by atomic mass is 9.82. The largest absolute Gasteiger partial charge is 0.451 e. The number of amides is 1. The summed E-state index contributed by atoms with van der Waals surface area (Å²) in [4.78, 5) is 24.6. The maximum atomic E-state index is 12.4. The van der Waals surface area contributed by atoms with Gasteiger partial charge in [0.15, 0.2) is 6.10 Å². The third-order valence-corrected chi connectivity index (χ3v) is 5.22. The van der Waals surface area contributed by atoms with Crippen molar-refractivity contribution in [2.45, 2.75) is 57.3 Å². The summed E-state index contributed by atoms with van der Waals surface area (Å²) >= 11 is 5.84. The van der Waals surface area contributed by atoms with Crippen LogP contribution < -0.4 is 16.2 Å². The van der Waals surface area contributed by atoms with E-state index in [-0.39, 0.29) is 23.8 Å². The van der Waals surface area contributed by atoms with E-state index in [1.807, 2.05) is 12.1 Å². The number of ether oxygens (including phenoxy) is 1. The van der Waals surface area contributed by atoms with E-state index in [1.165, 1.54) is 6.42 Å². The molecular weight excluding hydrogens is 342 g/mol. The van der Waals surface area contributed by atoms with Crippen LogP contribution in [-0.2, 0) is 20.9 Å². The highest BCUT2D eigenvalue weighted by atomic mass is 35.5. The zero-order chi connectivity index (χ0) is 17.8. The summed E-state index contributed by atoms with van der Waals surface area (Å²) < 4.78 is 5.38. The lowest BCUT2D eigenvalue weighted by Crippen LogP contribution is -2.44. The molecule has 1 aromatic rings. The Morgan fingerprint density at radius 2 is 1.96 bits per heavy atom. The van der Waals surface area contributed by atoms with Gasteiger partial charge >= 0.3 is 5.97 Å². The Morgan fingerprint density at radius 3 is 2.72 bits per heavy atom. The Morgan fingerprint density at radius 1 is 1.24 bits per heavy atom. The first-order chi connectivity index (χ1) is 12.0. The Labute approximate surface area is 152 Å². The molecule has 1 amide bonds. The van der Waals surface area contributed by atoms with Crippen molar-refractivity contribution in [3.8, 4) is 0 Å². The zero-order valence-electron chi connectivity index (χ0n) is 14.3. The van der Waals surface area contributed by atoms with Gasteiger partial charge in [-0.05, 0) is 37.5 Å². The Hall–Kier alpha value is -1.63. The number of hydrogen-bond donors (Lipinski definition) is 3. The Bertz CT molecular complexity index is 622. The van der Waals surface area contributed by atoms with Crippen LogP contribution in [-0.4, -0.2) is 30.1 Å². The van der Waals surface area contributed by atoms with Crippen LogP contribution in [0.15, 0.2) is 24.3 Å². The van der Waals surface area contributed by atoms with E-state index in [2.05, 4.69) is 16.2 Å². The van der Waals surface area contributed by atoms with E-state index in [9.17, 15) is 9.59 Å². The van der Waals surface area contributed by atoms with Crippen molar-refractivity contribution in [1.82, 2.24) is 16.2 Å². The molecule has 1 aliphatic heterocycles. The predicted molar refractivity (Wildman–Crippen MR) is 94.7 cm³/mol. The van der Waals surface area contributed by atoms with E-state index in [0.717, 1.165) is 24.8 Å². The standard InChI is InChI=1S/C18H24ClN3O3/c1-11(17(23)20-10-12-6-8-13(19)9-7-12)25-18(24)16-14-4-2-3-5-15(14)21-22-16/h6-9,11,14-16,21-22H,2-5,10H2,1H3,(H,20,23). The molecule has 25 heavy (non-hydrogen) atoms. The first-order valence-corrected chi connectivity index (χ1v) is 9.16. The van der Waals surface area contributed by atoms with E-state index < -0.39 is 6.10 Å². The van der Waals surface area contributed by atoms with E-state index in [4.69, 9.17) is 16.3 Å². The van der Waals surface area contributed by atoms with Gasteiger partial charge in [-0.3, -0.25) is 15.0 Å². The van der Waals surface area contributed by atoms with Crippen LogP contribution in [0, 0.1) is 5.92 Å². The second-order valence-electron chi connectivity index (χ2n) is 6.74. The molecule has 4 atom stereocenters. The minimum atomic E-state index is -0.829. The average Bonchev–Trinajstić information content (AvgIpc) is 3.05. The van der Waals surface area contributed by atoms with Crippen molar-refractivity contribution in [1.29, 1.82) is 0 Å². The van der Waals surface area contributed by atoms with Gasteiger partial charge in [-0.25, -0.2) is 5.43 Å². The molecule has 1 aromatic carbocycles. The van der Waals surface area contributed by atoms with Gasteiger partial charge < -0.3 is 10.1 Å². The molecule has 0 aromatic heterocycles. The summed E-state index contributed by atoms with van der Waals surface area (Å²) in [5, 5.41) is 3.42. The highest BCUT2D eigenvalue weighted by molar-refractivity contribution is 6.30. The molecule has 3 rings (SSSR count). The third kappa shape index (κ3) is 4.51. The van der Waals surface area contributed by atoms with Crippen LogP contribution in [0.25, 0.3) is 0 Å². The maximum absolute atomic E-state index is 12.4. The fourth-order valence-corrected chi connectivity index (χ4v) is 3.64. The number of carbonyl (C=O) groups excluding carboxylic acids is 2. The van der Waals surface area contributed by atoms with Gasteiger partial charge in [-0.1, -0.05) is 36.6 Å². The molecule has 1 saturated carbocycles. The lowest BCUT2D eigenvalue weighted by Gasteiger charge is -2.26. The van der Waals surface area contributed by atoms with Gasteiger partial charge in [0.05, 0.1) is 0 Å². The molecule has 2 fully saturated rings. The summed E-state index contributed by atoms with van der Waals surface area (Å²) in [6, 6.07) is 7.17. The molecule has 2 aliphatic rings. The van der Waals surface area contributed by atoms with Crippen molar-refractivity contribution >= 4 is 23.5 Å². The molecule has 1 aliphatic carbocycles. The third-order valence-electron chi connectivity index (χ3n) is 4.97. The predicted octanol–water partition coefficient (Wildman–Crippen LogP) is 1.92. The van der Waals surface area contributed by atoms with Crippen LogP contribution in [0.3, 0.4) is 0 Å². The number of halogens is 1. The molecule has 0 spiro atoms. The first kappa shape index (κ1) is 18.2. The Balaban J connectivity index is 1.47.